The number of pyridine rings is 1. The molecule has 0 atom stereocenters. The normalized spacial score (nSPS) is 14.1. The van der Waals surface area contributed by atoms with E-state index in [1.165, 1.54) is 0 Å². The van der Waals surface area contributed by atoms with Crippen molar-refractivity contribution in [2.75, 3.05) is 18.4 Å². The van der Waals surface area contributed by atoms with E-state index >= 15 is 0 Å². The molecule has 2 amide bonds. The molecule has 0 unspecified atom stereocenters. The standard InChI is InChI=1S/C22H21N3O2/c1-24-20-14-19(11-9-17(20)10-12-21(24)26)23-22(27)25-13-5-8-18(15-25)16-6-3-2-4-7-16/h2-4,6-12,14H,5,13,15H2,1H3,(H,23,27). The van der Waals surface area contributed by atoms with Gasteiger partial charge in [0.2, 0.25) is 0 Å². The summed E-state index contributed by atoms with van der Waals surface area (Å²) >= 11 is 0. The molecule has 5 heteroatoms. The Bertz CT molecular complexity index is 1080. The maximum atomic E-state index is 12.8. The molecule has 1 aliphatic heterocycles. The first-order valence-electron chi connectivity index (χ1n) is 9.02. The lowest BCUT2D eigenvalue weighted by Gasteiger charge is -2.28. The van der Waals surface area contributed by atoms with Gasteiger partial charge in [0, 0.05) is 31.9 Å². The second-order valence-corrected chi connectivity index (χ2v) is 6.74. The summed E-state index contributed by atoms with van der Waals surface area (Å²) in [5, 5.41) is 3.93. The number of rotatable bonds is 2. The van der Waals surface area contributed by atoms with E-state index in [2.05, 4.69) is 23.5 Å². The van der Waals surface area contributed by atoms with E-state index in [1.54, 1.807) is 23.7 Å². The average molecular weight is 359 g/mol. The molecule has 3 aromatic rings. The highest BCUT2D eigenvalue weighted by molar-refractivity contribution is 5.93. The van der Waals surface area contributed by atoms with E-state index in [-0.39, 0.29) is 11.6 Å². The van der Waals surface area contributed by atoms with Gasteiger partial charge in [-0.25, -0.2) is 4.79 Å². The molecular weight excluding hydrogens is 338 g/mol. The molecule has 1 aromatic heterocycles. The lowest BCUT2D eigenvalue weighted by atomic mass is 10.0. The first-order chi connectivity index (χ1) is 13.1. The van der Waals surface area contributed by atoms with E-state index in [0.29, 0.717) is 18.8 Å². The molecule has 1 aliphatic rings. The number of fused-ring (bicyclic) bond motifs is 1. The Morgan fingerprint density at radius 3 is 2.63 bits per heavy atom. The van der Waals surface area contributed by atoms with Gasteiger partial charge in [0.05, 0.1) is 5.52 Å². The second kappa shape index (κ2) is 7.11. The van der Waals surface area contributed by atoms with Crippen molar-refractivity contribution >= 4 is 28.2 Å². The van der Waals surface area contributed by atoms with Gasteiger partial charge >= 0.3 is 6.03 Å². The summed E-state index contributed by atoms with van der Waals surface area (Å²) < 4.78 is 1.59. The zero-order valence-electron chi connectivity index (χ0n) is 15.2. The molecule has 0 aliphatic carbocycles. The van der Waals surface area contributed by atoms with Crippen LogP contribution < -0.4 is 10.9 Å². The number of carbonyl (C=O) groups excluding carboxylic acids is 1. The van der Waals surface area contributed by atoms with E-state index in [4.69, 9.17) is 0 Å². The lowest BCUT2D eigenvalue weighted by molar-refractivity contribution is 0.217. The Kier molecular flexibility index (Phi) is 4.50. The molecule has 4 rings (SSSR count). The van der Waals surface area contributed by atoms with Gasteiger partial charge in [-0.15, -0.1) is 0 Å². The van der Waals surface area contributed by atoms with Crippen molar-refractivity contribution in [3.05, 3.63) is 82.7 Å². The molecule has 136 valence electrons. The quantitative estimate of drug-likeness (QED) is 0.755. The van der Waals surface area contributed by atoms with E-state index in [1.807, 2.05) is 41.3 Å². The maximum Gasteiger partial charge on any atom is 0.322 e. The van der Waals surface area contributed by atoms with Crippen molar-refractivity contribution in [2.45, 2.75) is 6.42 Å². The number of hydrogen-bond donors (Lipinski definition) is 1. The van der Waals surface area contributed by atoms with Crippen molar-refractivity contribution in [3.63, 3.8) is 0 Å². The van der Waals surface area contributed by atoms with E-state index < -0.39 is 0 Å². The third-order valence-corrected chi connectivity index (χ3v) is 4.96. The molecule has 0 spiro atoms. The van der Waals surface area contributed by atoms with Crippen molar-refractivity contribution in [1.29, 1.82) is 0 Å². The van der Waals surface area contributed by atoms with Gasteiger partial charge in [0.25, 0.3) is 5.56 Å². The number of urea groups is 1. The van der Waals surface area contributed by atoms with Crippen LogP contribution in [0.25, 0.3) is 16.5 Å². The summed E-state index contributed by atoms with van der Waals surface area (Å²) in [6.07, 6.45) is 3.04. The van der Waals surface area contributed by atoms with Crippen LogP contribution in [0.1, 0.15) is 12.0 Å². The second-order valence-electron chi connectivity index (χ2n) is 6.74. The highest BCUT2D eigenvalue weighted by atomic mass is 16.2. The molecule has 5 nitrogen and oxygen atoms in total. The monoisotopic (exact) mass is 359 g/mol. The molecule has 0 saturated heterocycles. The number of nitrogens with zero attached hydrogens (tertiary/aromatic N) is 2. The lowest BCUT2D eigenvalue weighted by Crippen LogP contribution is -2.38. The fourth-order valence-electron chi connectivity index (χ4n) is 3.43. The van der Waals surface area contributed by atoms with Gasteiger partial charge in [-0.1, -0.05) is 42.5 Å². The largest absolute Gasteiger partial charge is 0.322 e. The minimum Gasteiger partial charge on any atom is -0.320 e. The van der Waals surface area contributed by atoms with Crippen molar-refractivity contribution < 1.29 is 4.79 Å². The zero-order chi connectivity index (χ0) is 18.8. The van der Waals surface area contributed by atoms with Crippen LogP contribution >= 0.6 is 0 Å². The van der Waals surface area contributed by atoms with Gasteiger partial charge in [-0.2, -0.15) is 0 Å². The molecule has 1 N–H and O–H groups in total. The first-order valence-corrected chi connectivity index (χ1v) is 9.02. The molecule has 0 radical (unpaired) electrons. The highest BCUT2D eigenvalue weighted by Gasteiger charge is 2.19. The molecule has 27 heavy (non-hydrogen) atoms. The predicted octanol–water partition coefficient (Wildman–Crippen LogP) is 3.86. The number of benzene rings is 2. The average Bonchev–Trinajstić information content (AvgIpc) is 2.72. The fourth-order valence-corrected chi connectivity index (χ4v) is 3.43. The molecular formula is C22H21N3O2. The number of nitrogens with one attached hydrogen (secondary N) is 1. The number of aromatic nitrogens is 1. The Labute approximate surface area is 157 Å². The fraction of sp³-hybridized carbons (Fsp3) is 0.182. The summed E-state index contributed by atoms with van der Waals surface area (Å²) in [6.45, 7) is 1.27. The van der Waals surface area contributed by atoms with Crippen LogP contribution in [0.4, 0.5) is 10.5 Å². The topological polar surface area (TPSA) is 54.3 Å². The number of amides is 2. The minimum absolute atomic E-state index is 0.0698. The third-order valence-electron chi connectivity index (χ3n) is 4.96. The summed E-state index contributed by atoms with van der Waals surface area (Å²) in [5.41, 5.74) is 3.72. The molecule has 0 fully saturated rings. The van der Waals surface area contributed by atoms with Crippen molar-refractivity contribution in [2.24, 2.45) is 7.05 Å². The zero-order valence-corrected chi connectivity index (χ0v) is 15.2. The summed E-state index contributed by atoms with van der Waals surface area (Å²) in [5.74, 6) is 0. The highest BCUT2D eigenvalue weighted by Crippen LogP contribution is 2.22. The SMILES string of the molecule is Cn1c(=O)ccc2ccc(NC(=O)N3CCC=C(c4ccccc4)C3)cc21. The number of aryl methyl sites for hydroxylation is 1. The van der Waals surface area contributed by atoms with Gasteiger partial charge in [-0.05, 0) is 41.1 Å². The van der Waals surface area contributed by atoms with Gasteiger partial charge in [-0.3, -0.25) is 4.79 Å². The van der Waals surface area contributed by atoms with Gasteiger partial charge in [0.1, 0.15) is 0 Å². The van der Waals surface area contributed by atoms with Gasteiger partial charge < -0.3 is 14.8 Å². The molecule has 2 heterocycles. The van der Waals surface area contributed by atoms with Crippen LogP contribution in [0.5, 0.6) is 0 Å². The Hall–Kier alpha value is -3.34. The Morgan fingerprint density at radius 1 is 1.04 bits per heavy atom. The number of anilines is 1. The van der Waals surface area contributed by atoms with Crippen LogP contribution in [0, 0.1) is 0 Å². The van der Waals surface area contributed by atoms with Crippen LogP contribution in [0.2, 0.25) is 0 Å². The van der Waals surface area contributed by atoms with Gasteiger partial charge in [0.15, 0.2) is 0 Å². The van der Waals surface area contributed by atoms with Crippen LogP contribution in [0.15, 0.2) is 71.5 Å². The van der Waals surface area contributed by atoms with E-state index in [9.17, 15) is 9.59 Å². The maximum absolute atomic E-state index is 12.8. The number of carbonyl (C=O) groups is 1. The minimum atomic E-state index is -0.128. The predicted molar refractivity (Wildman–Crippen MR) is 109 cm³/mol. The van der Waals surface area contributed by atoms with Crippen molar-refractivity contribution in [3.8, 4) is 0 Å². The molecule has 2 aromatic carbocycles. The Morgan fingerprint density at radius 2 is 1.81 bits per heavy atom. The first kappa shape index (κ1) is 17.1. The van der Waals surface area contributed by atoms with Crippen LogP contribution in [0.3, 0.4) is 0 Å². The smallest absolute Gasteiger partial charge is 0.320 e. The molecule has 0 saturated carbocycles. The van der Waals surface area contributed by atoms with Crippen molar-refractivity contribution in [1.82, 2.24) is 9.47 Å². The summed E-state index contributed by atoms with van der Waals surface area (Å²) in [4.78, 5) is 26.4. The Balaban J connectivity index is 1.52. The third kappa shape index (κ3) is 3.49. The van der Waals surface area contributed by atoms with Crippen LogP contribution in [-0.2, 0) is 7.05 Å². The van der Waals surface area contributed by atoms with E-state index in [0.717, 1.165) is 28.5 Å². The summed E-state index contributed by atoms with van der Waals surface area (Å²) in [6, 6.07) is 19.0. The van der Waals surface area contributed by atoms with Crippen LogP contribution in [-0.4, -0.2) is 28.6 Å². The summed E-state index contributed by atoms with van der Waals surface area (Å²) in [7, 11) is 1.73. The number of hydrogen-bond acceptors (Lipinski definition) is 2. The molecule has 0 bridgehead atoms.